The van der Waals surface area contributed by atoms with E-state index in [0.29, 0.717) is 11.6 Å². The van der Waals surface area contributed by atoms with Crippen molar-refractivity contribution in [1.29, 1.82) is 0 Å². The summed E-state index contributed by atoms with van der Waals surface area (Å²) in [5.74, 6) is -0.838. The van der Waals surface area contributed by atoms with Crippen LogP contribution >= 0.6 is 11.6 Å². The maximum Gasteiger partial charge on any atom is 0.264 e. The summed E-state index contributed by atoms with van der Waals surface area (Å²) in [5.41, 5.74) is 3.00. The summed E-state index contributed by atoms with van der Waals surface area (Å²) in [6.07, 6.45) is 0. The van der Waals surface area contributed by atoms with Crippen molar-refractivity contribution in [1.82, 2.24) is 10.2 Å². The normalized spacial score (nSPS) is 12.0. The predicted molar refractivity (Wildman–Crippen MR) is 147 cm³/mol. The summed E-state index contributed by atoms with van der Waals surface area (Å²) in [6, 6.07) is 19.6. The Morgan fingerprint density at radius 3 is 2.24 bits per heavy atom. The van der Waals surface area contributed by atoms with Gasteiger partial charge in [-0.25, -0.2) is 8.42 Å². The first-order valence-corrected chi connectivity index (χ1v) is 13.8. The Kier molecular flexibility index (Phi) is 9.34. The summed E-state index contributed by atoms with van der Waals surface area (Å²) in [4.78, 5) is 28.0. The SMILES string of the molecule is CCNC(=O)[C@@H](C)N(Cc1cccc(C)c1)C(=O)CN(c1cccc(Cl)c1)S(=O)(=O)c1ccc(C)cc1. The van der Waals surface area contributed by atoms with Crippen LogP contribution < -0.4 is 9.62 Å². The van der Waals surface area contributed by atoms with E-state index in [9.17, 15) is 18.0 Å². The summed E-state index contributed by atoms with van der Waals surface area (Å²) in [7, 11) is -4.13. The third-order valence-electron chi connectivity index (χ3n) is 5.94. The van der Waals surface area contributed by atoms with Crippen LogP contribution in [0.1, 0.15) is 30.5 Å². The number of sulfonamides is 1. The highest BCUT2D eigenvalue weighted by atomic mass is 35.5. The maximum atomic E-state index is 13.8. The molecule has 3 rings (SSSR count). The highest BCUT2D eigenvalue weighted by Gasteiger charge is 2.32. The van der Waals surface area contributed by atoms with Crippen LogP contribution in [0.4, 0.5) is 5.69 Å². The van der Waals surface area contributed by atoms with Crippen LogP contribution in [0.2, 0.25) is 5.02 Å². The van der Waals surface area contributed by atoms with Crippen molar-refractivity contribution in [3.8, 4) is 0 Å². The number of rotatable bonds is 10. The lowest BCUT2D eigenvalue weighted by atomic mass is 10.1. The van der Waals surface area contributed by atoms with Crippen molar-refractivity contribution in [2.45, 2.75) is 45.2 Å². The second kappa shape index (κ2) is 12.3. The minimum Gasteiger partial charge on any atom is -0.355 e. The third kappa shape index (κ3) is 7.11. The number of aryl methyl sites for hydroxylation is 2. The van der Waals surface area contributed by atoms with Gasteiger partial charge in [0.2, 0.25) is 11.8 Å². The number of anilines is 1. The van der Waals surface area contributed by atoms with Crippen LogP contribution in [0.3, 0.4) is 0 Å². The monoisotopic (exact) mass is 541 g/mol. The molecule has 0 aliphatic rings. The van der Waals surface area contributed by atoms with E-state index in [2.05, 4.69) is 5.32 Å². The summed E-state index contributed by atoms with van der Waals surface area (Å²) in [6.45, 7) is 7.28. The molecule has 0 saturated carbocycles. The van der Waals surface area contributed by atoms with Crippen molar-refractivity contribution < 1.29 is 18.0 Å². The summed E-state index contributed by atoms with van der Waals surface area (Å²) in [5, 5.41) is 3.08. The molecule has 0 fully saturated rings. The van der Waals surface area contributed by atoms with Crippen LogP contribution in [-0.2, 0) is 26.2 Å². The lowest BCUT2D eigenvalue weighted by Gasteiger charge is -2.32. The van der Waals surface area contributed by atoms with Crippen molar-refractivity contribution >= 4 is 39.1 Å². The van der Waals surface area contributed by atoms with Crippen molar-refractivity contribution in [2.24, 2.45) is 0 Å². The van der Waals surface area contributed by atoms with E-state index in [1.165, 1.54) is 23.1 Å². The molecule has 1 atom stereocenters. The Balaban J connectivity index is 2.03. The van der Waals surface area contributed by atoms with Gasteiger partial charge in [0.25, 0.3) is 10.0 Å². The number of hydrogen-bond acceptors (Lipinski definition) is 4. The number of nitrogens with zero attached hydrogens (tertiary/aromatic N) is 2. The molecule has 0 saturated heterocycles. The van der Waals surface area contributed by atoms with Gasteiger partial charge < -0.3 is 10.2 Å². The number of nitrogens with one attached hydrogen (secondary N) is 1. The van der Waals surface area contributed by atoms with Crippen molar-refractivity contribution in [3.63, 3.8) is 0 Å². The molecule has 196 valence electrons. The van der Waals surface area contributed by atoms with Crippen molar-refractivity contribution in [2.75, 3.05) is 17.4 Å². The fourth-order valence-electron chi connectivity index (χ4n) is 3.91. The van der Waals surface area contributed by atoms with Gasteiger partial charge in [-0.2, -0.15) is 0 Å². The number of carbonyl (C=O) groups excluding carboxylic acids is 2. The minimum atomic E-state index is -4.13. The molecule has 37 heavy (non-hydrogen) atoms. The predicted octanol–water partition coefficient (Wildman–Crippen LogP) is 4.71. The third-order valence-corrected chi connectivity index (χ3v) is 7.96. The van der Waals surface area contributed by atoms with E-state index in [1.807, 2.05) is 38.1 Å². The van der Waals surface area contributed by atoms with E-state index < -0.39 is 28.5 Å². The van der Waals surface area contributed by atoms with E-state index in [4.69, 9.17) is 11.6 Å². The zero-order valence-corrected chi connectivity index (χ0v) is 23.0. The smallest absolute Gasteiger partial charge is 0.264 e. The van der Waals surface area contributed by atoms with Crippen LogP contribution in [0.15, 0.2) is 77.7 Å². The van der Waals surface area contributed by atoms with Crippen LogP contribution in [-0.4, -0.2) is 44.3 Å². The Labute approximate surface area is 224 Å². The van der Waals surface area contributed by atoms with Gasteiger partial charge in [0.1, 0.15) is 12.6 Å². The molecule has 3 aromatic rings. The highest BCUT2D eigenvalue weighted by Crippen LogP contribution is 2.27. The van der Waals surface area contributed by atoms with E-state index in [0.717, 1.165) is 21.0 Å². The first-order chi connectivity index (χ1) is 17.5. The number of amides is 2. The zero-order valence-electron chi connectivity index (χ0n) is 21.4. The molecule has 0 aliphatic carbocycles. The molecule has 7 nitrogen and oxygen atoms in total. The van der Waals surface area contributed by atoms with Crippen LogP contribution in [0.5, 0.6) is 0 Å². The molecular weight excluding hydrogens is 510 g/mol. The van der Waals surface area contributed by atoms with E-state index in [-0.39, 0.29) is 23.0 Å². The largest absolute Gasteiger partial charge is 0.355 e. The number of halogens is 1. The van der Waals surface area contributed by atoms with Gasteiger partial charge >= 0.3 is 0 Å². The van der Waals surface area contributed by atoms with Gasteiger partial charge in [-0.15, -0.1) is 0 Å². The molecular formula is C28H32ClN3O4S. The molecule has 2 amide bonds. The summed E-state index contributed by atoms with van der Waals surface area (Å²) >= 11 is 6.18. The average Bonchev–Trinajstić information content (AvgIpc) is 2.85. The molecule has 0 bridgehead atoms. The minimum absolute atomic E-state index is 0.0490. The molecule has 0 unspecified atom stereocenters. The first-order valence-electron chi connectivity index (χ1n) is 12.0. The number of carbonyl (C=O) groups is 2. The first kappa shape index (κ1) is 28.2. The van der Waals surface area contributed by atoms with Crippen molar-refractivity contribution in [3.05, 3.63) is 94.5 Å². The Morgan fingerprint density at radius 2 is 1.62 bits per heavy atom. The number of benzene rings is 3. The zero-order chi connectivity index (χ0) is 27.2. The van der Waals surface area contributed by atoms with Gasteiger partial charge in [-0.05, 0) is 63.6 Å². The second-order valence-electron chi connectivity index (χ2n) is 8.89. The second-order valence-corrected chi connectivity index (χ2v) is 11.2. The molecule has 3 aromatic carbocycles. The molecule has 9 heteroatoms. The number of likely N-dealkylation sites (N-methyl/N-ethyl adjacent to an activating group) is 1. The van der Waals surface area contributed by atoms with Gasteiger partial charge in [-0.1, -0.05) is 65.2 Å². The Bertz CT molecular complexity index is 1360. The van der Waals surface area contributed by atoms with Crippen LogP contribution in [0, 0.1) is 13.8 Å². The average molecular weight is 542 g/mol. The highest BCUT2D eigenvalue weighted by molar-refractivity contribution is 7.92. The lowest BCUT2D eigenvalue weighted by molar-refractivity contribution is -0.139. The fraction of sp³-hybridized carbons (Fsp3) is 0.286. The molecule has 0 radical (unpaired) electrons. The van der Waals surface area contributed by atoms with E-state index in [1.54, 1.807) is 44.2 Å². The van der Waals surface area contributed by atoms with Crippen LogP contribution in [0.25, 0.3) is 0 Å². The molecule has 0 heterocycles. The molecule has 1 N–H and O–H groups in total. The van der Waals surface area contributed by atoms with Gasteiger partial charge in [0, 0.05) is 18.1 Å². The summed E-state index contributed by atoms with van der Waals surface area (Å²) < 4.78 is 28.6. The Hall–Kier alpha value is -3.36. The molecule has 0 spiro atoms. The lowest BCUT2D eigenvalue weighted by Crippen LogP contribution is -2.51. The van der Waals surface area contributed by atoms with Gasteiger partial charge in [-0.3, -0.25) is 13.9 Å². The Morgan fingerprint density at radius 1 is 0.946 bits per heavy atom. The quantitative estimate of drug-likeness (QED) is 0.403. The fourth-order valence-corrected chi connectivity index (χ4v) is 5.50. The standard InChI is InChI=1S/C28H32ClN3O4S/c1-5-30-28(34)22(4)31(18-23-9-6-8-21(3)16-23)27(33)19-32(25-11-7-10-24(29)17-25)37(35,36)26-14-12-20(2)13-15-26/h6-17,22H,5,18-19H2,1-4H3,(H,30,34)/t22-/m1/s1. The van der Waals surface area contributed by atoms with E-state index >= 15 is 0 Å². The number of hydrogen-bond donors (Lipinski definition) is 1. The molecule has 0 aliphatic heterocycles. The van der Waals surface area contributed by atoms with Gasteiger partial charge in [0.15, 0.2) is 0 Å². The topological polar surface area (TPSA) is 86.8 Å². The maximum absolute atomic E-state index is 13.8. The molecule has 0 aromatic heterocycles. The van der Waals surface area contributed by atoms with Gasteiger partial charge in [0.05, 0.1) is 10.6 Å².